The Bertz CT molecular complexity index is 812. The molecule has 0 aliphatic heterocycles. The van der Waals surface area contributed by atoms with Crippen LogP contribution in [0.4, 0.5) is 5.95 Å². The molecule has 0 unspecified atom stereocenters. The van der Waals surface area contributed by atoms with Crippen LogP contribution in [0.2, 0.25) is 0 Å². The molecule has 0 atom stereocenters. The number of ketones is 2. The SMILES string of the molecule is CCCCCCC(=O)/C=c1\c(CC(=O)CCCCCC)nc2nnc(N)n12. The van der Waals surface area contributed by atoms with Gasteiger partial charge in [-0.05, 0) is 12.8 Å². The number of nitrogens with zero attached hydrogens (tertiary/aromatic N) is 4. The number of hydrogen-bond acceptors (Lipinski definition) is 6. The largest absolute Gasteiger partial charge is 0.368 e. The summed E-state index contributed by atoms with van der Waals surface area (Å²) in [4.78, 5) is 29.1. The van der Waals surface area contributed by atoms with Gasteiger partial charge in [0.15, 0.2) is 5.78 Å². The summed E-state index contributed by atoms with van der Waals surface area (Å²) in [6.45, 7) is 4.28. The number of fused-ring (bicyclic) bond motifs is 1. The number of aromatic nitrogens is 4. The summed E-state index contributed by atoms with van der Waals surface area (Å²) >= 11 is 0. The summed E-state index contributed by atoms with van der Waals surface area (Å²) in [5.41, 5.74) is 6.45. The Kier molecular flexibility index (Phi) is 8.36. The normalized spacial score (nSPS) is 12.1. The predicted octanol–water partition coefficient (Wildman–Crippen LogP) is 2.83. The van der Waals surface area contributed by atoms with Gasteiger partial charge in [-0.25, -0.2) is 9.38 Å². The van der Waals surface area contributed by atoms with Crippen LogP contribution in [0.5, 0.6) is 0 Å². The van der Waals surface area contributed by atoms with Gasteiger partial charge < -0.3 is 5.73 Å². The molecule has 7 nitrogen and oxygen atoms in total. The number of Topliss-reactive ketones (excluding diaryl/α,β-unsaturated/α-hetero) is 2. The van der Waals surface area contributed by atoms with Gasteiger partial charge in [0.1, 0.15) is 5.78 Å². The zero-order valence-electron chi connectivity index (χ0n) is 16.5. The first-order valence-corrected chi connectivity index (χ1v) is 10.1. The lowest BCUT2D eigenvalue weighted by Gasteiger charge is -2.00. The quantitative estimate of drug-likeness (QED) is 0.542. The number of rotatable bonds is 13. The number of hydrogen-bond donors (Lipinski definition) is 1. The van der Waals surface area contributed by atoms with Crippen molar-refractivity contribution in [3.05, 3.63) is 11.0 Å². The van der Waals surface area contributed by atoms with Gasteiger partial charge in [-0.3, -0.25) is 9.59 Å². The Hall–Kier alpha value is -2.31. The van der Waals surface area contributed by atoms with Crippen molar-refractivity contribution in [1.82, 2.24) is 19.6 Å². The van der Waals surface area contributed by atoms with Gasteiger partial charge in [0, 0.05) is 18.9 Å². The Labute approximate surface area is 160 Å². The van der Waals surface area contributed by atoms with E-state index in [0.717, 1.165) is 51.4 Å². The van der Waals surface area contributed by atoms with Crippen molar-refractivity contribution in [1.29, 1.82) is 0 Å². The van der Waals surface area contributed by atoms with E-state index in [1.807, 2.05) is 0 Å². The van der Waals surface area contributed by atoms with Crippen LogP contribution < -0.4 is 11.1 Å². The fourth-order valence-electron chi connectivity index (χ4n) is 3.15. The Morgan fingerprint density at radius 2 is 1.63 bits per heavy atom. The second-order valence-electron chi connectivity index (χ2n) is 7.08. The monoisotopic (exact) mass is 373 g/mol. The molecule has 148 valence electrons. The van der Waals surface area contributed by atoms with Crippen molar-refractivity contribution >= 4 is 29.4 Å². The highest BCUT2D eigenvalue weighted by molar-refractivity contribution is 6.05. The molecule has 0 aliphatic rings. The third-order valence-electron chi connectivity index (χ3n) is 4.69. The minimum Gasteiger partial charge on any atom is -0.368 e. The third-order valence-corrected chi connectivity index (χ3v) is 4.69. The molecule has 0 aromatic carbocycles. The zero-order valence-corrected chi connectivity index (χ0v) is 16.5. The van der Waals surface area contributed by atoms with Gasteiger partial charge in [-0.2, -0.15) is 0 Å². The highest BCUT2D eigenvalue weighted by Gasteiger charge is 2.16. The van der Waals surface area contributed by atoms with E-state index < -0.39 is 0 Å². The first kappa shape index (κ1) is 21.0. The molecule has 0 fully saturated rings. The van der Waals surface area contributed by atoms with Gasteiger partial charge in [-0.1, -0.05) is 52.4 Å². The molecule has 27 heavy (non-hydrogen) atoms. The van der Waals surface area contributed by atoms with Gasteiger partial charge in [0.25, 0.3) is 5.78 Å². The lowest BCUT2D eigenvalue weighted by atomic mass is 10.1. The molecule has 7 heteroatoms. The van der Waals surface area contributed by atoms with E-state index in [9.17, 15) is 9.59 Å². The van der Waals surface area contributed by atoms with Crippen LogP contribution >= 0.6 is 0 Å². The number of imidazole rings is 1. The van der Waals surface area contributed by atoms with Crippen LogP contribution in [-0.2, 0) is 16.0 Å². The lowest BCUT2D eigenvalue weighted by molar-refractivity contribution is -0.118. The number of unbranched alkanes of at least 4 members (excludes halogenated alkanes) is 6. The van der Waals surface area contributed by atoms with Crippen molar-refractivity contribution in [2.24, 2.45) is 0 Å². The number of anilines is 1. The Balaban J connectivity index is 2.14. The predicted molar refractivity (Wildman–Crippen MR) is 106 cm³/mol. The molecule has 0 saturated heterocycles. The molecule has 2 aromatic rings. The van der Waals surface area contributed by atoms with Crippen LogP contribution in [-0.4, -0.2) is 31.1 Å². The van der Waals surface area contributed by atoms with E-state index >= 15 is 0 Å². The van der Waals surface area contributed by atoms with E-state index in [0.29, 0.717) is 29.7 Å². The van der Waals surface area contributed by atoms with Crippen molar-refractivity contribution < 1.29 is 9.59 Å². The molecular weight excluding hydrogens is 342 g/mol. The second-order valence-corrected chi connectivity index (χ2v) is 7.08. The third kappa shape index (κ3) is 6.12. The molecule has 2 aromatic heterocycles. The first-order valence-electron chi connectivity index (χ1n) is 10.1. The molecule has 0 bridgehead atoms. The van der Waals surface area contributed by atoms with Crippen LogP contribution in [0.15, 0.2) is 0 Å². The van der Waals surface area contributed by atoms with Crippen LogP contribution in [0.25, 0.3) is 11.9 Å². The number of nitrogen functional groups attached to an aromatic ring is 1. The van der Waals surface area contributed by atoms with Gasteiger partial charge in [0.05, 0.1) is 17.5 Å². The zero-order chi connectivity index (χ0) is 19.6. The van der Waals surface area contributed by atoms with E-state index in [2.05, 4.69) is 29.0 Å². The van der Waals surface area contributed by atoms with Crippen LogP contribution in [0.1, 0.15) is 83.7 Å². The van der Waals surface area contributed by atoms with Gasteiger partial charge >= 0.3 is 0 Å². The van der Waals surface area contributed by atoms with E-state index in [4.69, 9.17) is 5.73 Å². The van der Waals surface area contributed by atoms with Crippen molar-refractivity contribution in [3.8, 4) is 0 Å². The van der Waals surface area contributed by atoms with Crippen molar-refractivity contribution in [2.45, 2.75) is 84.5 Å². The average molecular weight is 374 g/mol. The maximum Gasteiger partial charge on any atom is 0.257 e. The fourth-order valence-corrected chi connectivity index (χ4v) is 3.15. The summed E-state index contributed by atoms with van der Waals surface area (Å²) < 4.78 is 1.56. The minimum absolute atomic E-state index is 0.0187. The topological polar surface area (TPSA) is 103 Å². The lowest BCUT2D eigenvalue weighted by Crippen LogP contribution is -2.20. The maximum atomic E-state index is 12.4. The Morgan fingerprint density at radius 1 is 0.963 bits per heavy atom. The number of carbonyl (C=O) groups is 2. The van der Waals surface area contributed by atoms with E-state index in [1.54, 1.807) is 10.5 Å². The summed E-state index contributed by atoms with van der Waals surface area (Å²) in [5, 5.41) is 8.28. The highest BCUT2D eigenvalue weighted by Crippen LogP contribution is 2.08. The molecule has 0 saturated carbocycles. The molecule has 0 spiro atoms. The van der Waals surface area contributed by atoms with E-state index in [-0.39, 0.29) is 23.9 Å². The molecule has 0 aliphatic carbocycles. The Morgan fingerprint density at radius 3 is 2.30 bits per heavy atom. The van der Waals surface area contributed by atoms with E-state index in [1.165, 1.54) is 0 Å². The number of carbonyl (C=O) groups excluding carboxylic acids is 2. The van der Waals surface area contributed by atoms with Crippen LogP contribution in [0.3, 0.4) is 0 Å². The van der Waals surface area contributed by atoms with Crippen LogP contribution in [0, 0.1) is 0 Å². The fraction of sp³-hybridized carbons (Fsp3) is 0.650. The standard InChI is InChI=1S/C20H31N5O2/c1-3-5-7-9-11-15(26)13-17-18(14-16(27)12-10-8-6-4-2)25-19(21)23-24-20(25)22-17/h14H,3-13H2,1-2H3,(H2,21,23)/b18-14+. The smallest absolute Gasteiger partial charge is 0.257 e. The molecule has 0 radical (unpaired) electrons. The summed E-state index contributed by atoms with van der Waals surface area (Å²) in [6, 6.07) is 0. The molecule has 2 heterocycles. The summed E-state index contributed by atoms with van der Waals surface area (Å²) in [5.74, 6) is 0.670. The molecule has 2 rings (SSSR count). The second kappa shape index (κ2) is 10.7. The van der Waals surface area contributed by atoms with Crippen molar-refractivity contribution in [2.75, 3.05) is 5.73 Å². The molecule has 2 N–H and O–H groups in total. The summed E-state index contributed by atoms with van der Waals surface area (Å²) in [7, 11) is 0. The number of nitrogens with two attached hydrogens (primary N) is 1. The first-order chi connectivity index (χ1) is 13.1. The van der Waals surface area contributed by atoms with Gasteiger partial charge in [-0.15, -0.1) is 10.2 Å². The molecular formula is C20H31N5O2. The maximum absolute atomic E-state index is 12.4. The molecule has 0 amide bonds. The van der Waals surface area contributed by atoms with Gasteiger partial charge in [0.2, 0.25) is 5.95 Å². The van der Waals surface area contributed by atoms with Crippen molar-refractivity contribution in [3.63, 3.8) is 0 Å². The summed E-state index contributed by atoms with van der Waals surface area (Å²) in [6.07, 6.45) is 11.2. The average Bonchev–Trinajstić information content (AvgIpc) is 3.16. The highest BCUT2D eigenvalue weighted by atomic mass is 16.1. The minimum atomic E-state index is 0.0187.